The first-order valence-corrected chi connectivity index (χ1v) is 7.11. The normalized spacial score (nSPS) is 12.8. The monoisotopic (exact) mass is 300 g/mol. The Balaban J connectivity index is 1.93. The Morgan fingerprint density at radius 3 is 2.62 bits per heavy atom. The van der Waals surface area contributed by atoms with Crippen molar-refractivity contribution in [1.29, 1.82) is 0 Å². The molecule has 0 saturated carbocycles. The summed E-state index contributed by atoms with van der Waals surface area (Å²) in [6, 6.07) is 11.7. The number of rotatable bonds is 3. The fourth-order valence-corrected chi connectivity index (χ4v) is 2.43. The van der Waals surface area contributed by atoms with E-state index in [1.165, 1.54) is 0 Å². The van der Waals surface area contributed by atoms with Gasteiger partial charge in [0.05, 0.1) is 0 Å². The molecule has 1 aliphatic rings. The number of anilines is 2. The molecule has 5 heteroatoms. The first-order valence-electron chi connectivity index (χ1n) is 6.70. The maximum absolute atomic E-state index is 5.78. The Morgan fingerprint density at radius 2 is 1.86 bits per heavy atom. The van der Waals surface area contributed by atoms with Gasteiger partial charge >= 0.3 is 0 Å². The molecule has 0 unspecified atom stereocenters. The minimum absolute atomic E-state index is 0.370. The number of hydrogen-bond acceptors (Lipinski definition) is 4. The van der Waals surface area contributed by atoms with Gasteiger partial charge < -0.3 is 20.5 Å². The van der Waals surface area contributed by atoms with Gasteiger partial charge in [-0.2, -0.15) is 0 Å². The van der Waals surface area contributed by atoms with Crippen molar-refractivity contribution in [2.24, 2.45) is 5.73 Å². The van der Waals surface area contributed by atoms with Crippen LogP contribution in [0, 0.1) is 6.92 Å². The lowest BCUT2D eigenvalue weighted by atomic mass is 10.1. The minimum atomic E-state index is 0.370. The number of ether oxygens (including phenoxy) is 2. The fraction of sp³-hybridized carbons (Fsp3) is 0.188. The van der Waals surface area contributed by atoms with E-state index in [2.05, 4.69) is 5.32 Å². The smallest absolute Gasteiger partial charge is 0.163 e. The molecular formula is C16H16N2O2S. The first kappa shape index (κ1) is 13.7. The number of nitrogens with one attached hydrogen (secondary N) is 1. The molecule has 0 atom stereocenters. The molecule has 21 heavy (non-hydrogen) atoms. The van der Waals surface area contributed by atoms with Gasteiger partial charge in [0.15, 0.2) is 11.5 Å². The van der Waals surface area contributed by atoms with Gasteiger partial charge in [-0.25, -0.2) is 0 Å². The van der Waals surface area contributed by atoms with Gasteiger partial charge in [-0.05, 0) is 36.8 Å². The second-order valence-electron chi connectivity index (χ2n) is 4.90. The summed E-state index contributed by atoms with van der Waals surface area (Å²) < 4.78 is 11.1. The van der Waals surface area contributed by atoms with Gasteiger partial charge in [-0.3, -0.25) is 0 Å². The molecule has 0 spiro atoms. The minimum Gasteiger partial charge on any atom is -0.486 e. The predicted molar refractivity (Wildman–Crippen MR) is 87.8 cm³/mol. The van der Waals surface area contributed by atoms with Crippen LogP contribution < -0.4 is 20.5 Å². The highest BCUT2D eigenvalue weighted by atomic mass is 32.1. The van der Waals surface area contributed by atoms with E-state index in [9.17, 15) is 0 Å². The second kappa shape index (κ2) is 5.61. The number of thiocarbonyl (C=S) groups is 1. The molecule has 2 aromatic carbocycles. The molecule has 0 amide bonds. The van der Waals surface area contributed by atoms with Crippen molar-refractivity contribution in [2.75, 3.05) is 18.5 Å². The molecule has 3 N–H and O–H groups in total. The Labute approximate surface area is 128 Å². The van der Waals surface area contributed by atoms with Crippen LogP contribution in [-0.2, 0) is 0 Å². The first-order chi connectivity index (χ1) is 10.1. The summed E-state index contributed by atoms with van der Waals surface area (Å²) in [5.41, 5.74) is 9.53. The molecule has 2 aromatic rings. The SMILES string of the molecule is Cc1ccc(C(N)=S)c(Nc2ccc3c(c2)OCCO3)c1. The molecule has 0 radical (unpaired) electrons. The third-order valence-electron chi connectivity index (χ3n) is 3.26. The molecule has 0 aromatic heterocycles. The molecule has 1 aliphatic heterocycles. The van der Waals surface area contributed by atoms with Gasteiger partial charge in [-0.1, -0.05) is 18.3 Å². The molecule has 0 fully saturated rings. The van der Waals surface area contributed by atoms with Crippen LogP contribution in [0.5, 0.6) is 11.5 Å². The zero-order valence-corrected chi connectivity index (χ0v) is 12.5. The summed E-state index contributed by atoms with van der Waals surface area (Å²) in [4.78, 5) is 0.370. The third kappa shape index (κ3) is 2.92. The molecule has 0 aliphatic carbocycles. The summed E-state index contributed by atoms with van der Waals surface area (Å²) in [7, 11) is 0. The van der Waals surface area contributed by atoms with Crippen molar-refractivity contribution >= 4 is 28.6 Å². The highest BCUT2D eigenvalue weighted by Crippen LogP contribution is 2.34. The van der Waals surface area contributed by atoms with Gasteiger partial charge in [0.1, 0.15) is 18.2 Å². The fourth-order valence-electron chi connectivity index (χ4n) is 2.25. The lowest BCUT2D eigenvalue weighted by molar-refractivity contribution is 0.171. The quantitative estimate of drug-likeness (QED) is 0.853. The Hall–Kier alpha value is -2.27. The summed E-state index contributed by atoms with van der Waals surface area (Å²) in [6.07, 6.45) is 0. The van der Waals surface area contributed by atoms with Gasteiger partial charge in [0.25, 0.3) is 0 Å². The predicted octanol–water partition coefficient (Wildman–Crippen LogP) is 3.14. The van der Waals surface area contributed by atoms with Crippen molar-refractivity contribution in [3.63, 3.8) is 0 Å². The lowest BCUT2D eigenvalue weighted by Crippen LogP contribution is -2.15. The highest BCUT2D eigenvalue weighted by Gasteiger charge is 2.12. The third-order valence-corrected chi connectivity index (χ3v) is 3.48. The van der Waals surface area contributed by atoms with Crippen molar-refractivity contribution in [3.05, 3.63) is 47.5 Å². The van der Waals surface area contributed by atoms with Crippen LogP contribution in [0.1, 0.15) is 11.1 Å². The molecule has 0 bridgehead atoms. The van der Waals surface area contributed by atoms with Crippen LogP contribution in [0.4, 0.5) is 11.4 Å². The van der Waals surface area contributed by atoms with E-state index in [0.29, 0.717) is 18.2 Å². The number of aryl methyl sites for hydroxylation is 1. The van der Waals surface area contributed by atoms with Crippen LogP contribution in [0.15, 0.2) is 36.4 Å². The molecule has 108 valence electrons. The largest absolute Gasteiger partial charge is 0.486 e. The van der Waals surface area contributed by atoms with Crippen molar-refractivity contribution in [2.45, 2.75) is 6.92 Å². The average Bonchev–Trinajstić information content (AvgIpc) is 2.47. The van der Waals surface area contributed by atoms with Crippen molar-refractivity contribution < 1.29 is 9.47 Å². The summed E-state index contributed by atoms with van der Waals surface area (Å²) in [6.45, 7) is 3.18. The standard InChI is InChI=1S/C16H16N2O2S/c1-10-2-4-12(16(17)21)13(8-10)18-11-3-5-14-15(9-11)20-7-6-19-14/h2-5,8-9,18H,6-7H2,1H3,(H2,17,21). The van der Waals surface area contributed by atoms with Crippen LogP contribution >= 0.6 is 12.2 Å². The van der Waals surface area contributed by atoms with E-state index in [0.717, 1.165) is 34.0 Å². The van der Waals surface area contributed by atoms with E-state index < -0.39 is 0 Å². The number of benzene rings is 2. The summed E-state index contributed by atoms with van der Waals surface area (Å²) in [5, 5.41) is 3.34. The lowest BCUT2D eigenvalue weighted by Gasteiger charge is -2.19. The van der Waals surface area contributed by atoms with Crippen LogP contribution in [0.25, 0.3) is 0 Å². The molecular weight excluding hydrogens is 284 g/mol. The molecule has 1 heterocycles. The van der Waals surface area contributed by atoms with Gasteiger partial charge in [-0.15, -0.1) is 0 Å². The zero-order chi connectivity index (χ0) is 14.8. The topological polar surface area (TPSA) is 56.5 Å². The highest BCUT2D eigenvalue weighted by molar-refractivity contribution is 7.80. The molecule has 0 saturated heterocycles. The van der Waals surface area contributed by atoms with E-state index in [4.69, 9.17) is 27.4 Å². The number of fused-ring (bicyclic) bond motifs is 1. The van der Waals surface area contributed by atoms with Crippen LogP contribution in [0.2, 0.25) is 0 Å². The number of hydrogen-bond donors (Lipinski definition) is 2. The maximum Gasteiger partial charge on any atom is 0.163 e. The number of nitrogens with two attached hydrogens (primary N) is 1. The van der Waals surface area contributed by atoms with E-state index in [1.54, 1.807) is 0 Å². The zero-order valence-electron chi connectivity index (χ0n) is 11.7. The summed E-state index contributed by atoms with van der Waals surface area (Å²) >= 11 is 5.10. The Kier molecular flexibility index (Phi) is 3.66. The van der Waals surface area contributed by atoms with Crippen molar-refractivity contribution in [1.82, 2.24) is 0 Å². The van der Waals surface area contributed by atoms with Gasteiger partial charge in [0, 0.05) is 23.0 Å². The van der Waals surface area contributed by atoms with E-state index in [-0.39, 0.29) is 0 Å². The van der Waals surface area contributed by atoms with E-state index >= 15 is 0 Å². The maximum atomic E-state index is 5.78. The Morgan fingerprint density at radius 1 is 1.10 bits per heavy atom. The average molecular weight is 300 g/mol. The Bertz CT molecular complexity index is 701. The van der Waals surface area contributed by atoms with E-state index in [1.807, 2.05) is 43.3 Å². The molecule has 3 rings (SSSR count). The van der Waals surface area contributed by atoms with Crippen LogP contribution in [0.3, 0.4) is 0 Å². The second-order valence-corrected chi connectivity index (χ2v) is 5.34. The van der Waals surface area contributed by atoms with Crippen molar-refractivity contribution in [3.8, 4) is 11.5 Å². The summed E-state index contributed by atoms with van der Waals surface area (Å²) in [5.74, 6) is 1.52. The van der Waals surface area contributed by atoms with Crippen LogP contribution in [-0.4, -0.2) is 18.2 Å². The molecule has 4 nitrogen and oxygen atoms in total. The van der Waals surface area contributed by atoms with Gasteiger partial charge in [0.2, 0.25) is 0 Å².